The summed E-state index contributed by atoms with van der Waals surface area (Å²) in [7, 11) is 1.78. The summed E-state index contributed by atoms with van der Waals surface area (Å²) in [5, 5.41) is 21.5. The van der Waals surface area contributed by atoms with Gasteiger partial charge in [-0.2, -0.15) is 16.9 Å². The molecular weight excluding hydrogens is 370 g/mol. The molecule has 146 valence electrons. The maximum atomic E-state index is 7.01. The summed E-state index contributed by atoms with van der Waals surface area (Å²) in [5.74, 6) is 1.50. The maximum Gasteiger partial charge on any atom is 0.157 e. The Balaban J connectivity index is 1.71. The highest BCUT2D eigenvalue weighted by atomic mass is 32.1. The topological polar surface area (TPSA) is 88.8 Å². The number of likely N-dealkylation sites (N-methyl/N-ethyl adjacent to an activating group) is 1. The number of aromatic nitrogens is 1. The van der Waals surface area contributed by atoms with Crippen LogP contribution in [0.5, 0.6) is 0 Å². The van der Waals surface area contributed by atoms with Crippen molar-refractivity contribution >= 4 is 44.7 Å². The smallest absolute Gasteiger partial charge is 0.157 e. The minimum absolute atomic E-state index is 0.558. The molecule has 1 aromatic carbocycles. The van der Waals surface area contributed by atoms with E-state index in [1.165, 1.54) is 30.2 Å². The second-order valence-electron chi connectivity index (χ2n) is 7.00. The number of hydrogen-bond acceptors (Lipinski definition) is 6. The van der Waals surface area contributed by atoms with Gasteiger partial charge in [0, 0.05) is 46.7 Å². The molecule has 0 saturated carbocycles. The predicted octanol–water partition coefficient (Wildman–Crippen LogP) is 4.26. The standard InChI is InChI=1S/C20H25N7S/c1-3-27-8-4-5-14(27)10-23-20-17-12-28-11-16(17)15-7-6-13(9-18(15)24-20)19(22-2)25-26-21/h6-7,9,11-12,14H,3-5,8,10H2,1-2H3,(H,23,24)(H2,21,22,25). The third kappa shape index (κ3) is 3.45. The highest BCUT2D eigenvalue weighted by molar-refractivity contribution is 7.09. The Morgan fingerprint density at radius 2 is 2.18 bits per heavy atom. The van der Waals surface area contributed by atoms with Crippen LogP contribution in [0.25, 0.3) is 21.7 Å². The largest absolute Gasteiger partial charge is 0.371 e. The van der Waals surface area contributed by atoms with Crippen LogP contribution in [0.3, 0.4) is 0 Å². The first-order valence-corrected chi connectivity index (χ1v) is 10.6. The van der Waals surface area contributed by atoms with Crippen LogP contribution in [-0.2, 0) is 0 Å². The average Bonchev–Trinajstić information content (AvgIpc) is 3.39. The number of thiophene rings is 1. The number of amidine groups is 1. The molecular formula is C20H25N7S. The van der Waals surface area contributed by atoms with Gasteiger partial charge in [0.1, 0.15) is 5.82 Å². The fourth-order valence-corrected chi connectivity index (χ4v) is 4.90. The second kappa shape index (κ2) is 8.20. The third-order valence-electron chi connectivity index (χ3n) is 5.51. The molecule has 28 heavy (non-hydrogen) atoms. The molecule has 8 heteroatoms. The van der Waals surface area contributed by atoms with Gasteiger partial charge in [-0.15, -0.1) is 5.10 Å². The van der Waals surface area contributed by atoms with Crippen LogP contribution in [0.4, 0.5) is 5.82 Å². The van der Waals surface area contributed by atoms with E-state index in [1.807, 2.05) is 12.1 Å². The first-order chi connectivity index (χ1) is 13.7. The normalized spacial score (nSPS) is 18.1. The van der Waals surface area contributed by atoms with Gasteiger partial charge < -0.3 is 10.6 Å². The number of pyridine rings is 1. The van der Waals surface area contributed by atoms with Gasteiger partial charge in [0.2, 0.25) is 0 Å². The Morgan fingerprint density at radius 3 is 2.96 bits per heavy atom. The summed E-state index contributed by atoms with van der Waals surface area (Å²) in [6.45, 7) is 5.44. The van der Waals surface area contributed by atoms with Gasteiger partial charge in [0.15, 0.2) is 5.84 Å². The van der Waals surface area contributed by atoms with Crippen molar-refractivity contribution < 1.29 is 0 Å². The van der Waals surface area contributed by atoms with Crippen molar-refractivity contribution in [2.45, 2.75) is 25.8 Å². The first-order valence-electron chi connectivity index (χ1n) is 9.65. The average molecular weight is 396 g/mol. The molecule has 1 aliphatic rings. The Morgan fingerprint density at radius 1 is 1.32 bits per heavy atom. The molecule has 1 fully saturated rings. The number of nitrogens with zero attached hydrogens (tertiary/aromatic N) is 4. The van der Waals surface area contributed by atoms with Crippen molar-refractivity contribution in [1.82, 2.24) is 15.2 Å². The van der Waals surface area contributed by atoms with Crippen molar-refractivity contribution in [3.05, 3.63) is 34.5 Å². The molecule has 1 unspecified atom stereocenters. The van der Waals surface area contributed by atoms with E-state index < -0.39 is 0 Å². The van der Waals surface area contributed by atoms with E-state index in [9.17, 15) is 0 Å². The van der Waals surface area contributed by atoms with Gasteiger partial charge in [0.05, 0.1) is 5.52 Å². The van der Waals surface area contributed by atoms with Crippen LogP contribution < -0.4 is 10.6 Å². The van der Waals surface area contributed by atoms with Gasteiger partial charge in [-0.05, 0) is 37.4 Å². The summed E-state index contributed by atoms with van der Waals surface area (Å²) in [4.78, 5) is 7.48. The van der Waals surface area contributed by atoms with Crippen molar-refractivity contribution in [2.75, 3.05) is 32.0 Å². The fourth-order valence-electron chi connectivity index (χ4n) is 4.06. The maximum absolute atomic E-state index is 7.01. The van der Waals surface area contributed by atoms with E-state index in [4.69, 9.17) is 10.5 Å². The number of likely N-dealkylation sites (tertiary alicyclic amines) is 1. The summed E-state index contributed by atoms with van der Waals surface area (Å²) in [6, 6.07) is 6.64. The lowest BCUT2D eigenvalue weighted by Crippen LogP contribution is -2.34. The summed E-state index contributed by atoms with van der Waals surface area (Å²) >= 11 is 1.70. The highest BCUT2D eigenvalue weighted by Gasteiger charge is 2.23. The van der Waals surface area contributed by atoms with E-state index in [0.29, 0.717) is 11.9 Å². The molecule has 3 heterocycles. The lowest BCUT2D eigenvalue weighted by Gasteiger charge is -2.23. The van der Waals surface area contributed by atoms with Gasteiger partial charge >= 0.3 is 0 Å². The number of anilines is 1. The molecule has 1 aliphatic heterocycles. The second-order valence-corrected chi connectivity index (χ2v) is 7.74. The summed E-state index contributed by atoms with van der Waals surface area (Å²) in [5.41, 5.74) is 8.79. The molecule has 1 atom stereocenters. The number of rotatable bonds is 6. The molecule has 0 amide bonds. The van der Waals surface area contributed by atoms with Crippen molar-refractivity contribution in [3.63, 3.8) is 0 Å². The van der Waals surface area contributed by atoms with Crippen LogP contribution in [0.15, 0.2) is 39.3 Å². The number of nitrogens with one attached hydrogen (secondary N) is 3. The van der Waals surface area contributed by atoms with E-state index in [2.05, 4.69) is 49.6 Å². The van der Waals surface area contributed by atoms with Crippen LogP contribution in [0.2, 0.25) is 0 Å². The monoisotopic (exact) mass is 395 g/mol. The van der Waals surface area contributed by atoms with E-state index in [-0.39, 0.29) is 0 Å². The lowest BCUT2D eigenvalue weighted by molar-refractivity contribution is 0.277. The SMILES string of the molecule is CCN1CCCC1CNc1nc2cc(/C(=N/N=N)NC)ccc2c2cscc12. The quantitative estimate of drug-likeness (QED) is 0.252. The molecule has 2 aromatic heterocycles. The Bertz CT molecular complexity index is 1030. The molecule has 3 N–H and O–H groups in total. The van der Waals surface area contributed by atoms with Crippen LogP contribution in [0, 0.1) is 5.53 Å². The van der Waals surface area contributed by atoms with Gasteiger partial charge in [-0.25, -0.2) is 4.98 Å². The minimum Gasteiger partial charge on any atom is -0.371 e. The fraction of sp³-hybridized carbons (Fsp3) is 0.400. The zero-order valence-electron chi connectivity index (χ0n) is 16.2. The molecule has 4 rings (SSSR count). The molecule has 3 aromatic rings. The molecule has 1 saturated heterocycles. The molecule has 0 radical (unpaired) electrons. The van der Waals surface area contributed by atoms with Gasteiger partial charge in [0.25, 0.3) is 0 Å². The Hall–Kier alpha value is -2.58. The molecule has 0 bridgehead atoms. The predicted molar refractivity (Wildman–Crippen MR) is 117 cm³/mol. The molecule has 0 spiro atoms. The zero-order chi connectivity index (χ0) is 19.5. The van der Waals surface area contributed by atoms with Crippen molar-refractivity contribution in [3.8, 4) is 0 Å². The van der Waals surface area contributed by atoms with E-state index in [0.717, 1.165) is 35.4 Å². The zero-order valence-corrected chi connectivity index (χ0v) is 17.0. The minimum atomic E-state index is 0.558. The Kier molecular flexibility index (Phi) is 5.50. The number of benzene rings is 1. The van der Waals surface area contributed by atoms with E-state index in [1.54, 1.807) is 18.4 Å². The number of hydrogen-bond donors (Lipinski definition) is 3. The van der Waals surface area contributed by atoms with Crippen LogP contribution in [-0.4, -0.2) is 48.4 Å². The summed E-state index contributed by atoms with van der Waals surface area (Å²) < 4.78 is 0. The molecule has 0 aliphatic carbocycles. The number of fused-ring (bicyclic) bond motifs is 3. The Labute approximate surface area is 168 Å². The van der Waals surface area contributed by atoms with E-state index >= 15 is 0 Å². The molecule has 7 nitrogen and oxygen atoms in total. The highest BCUT2D eigenvalue weighted by Crippen LogP contribution is 2.33. The lowest BCUT2D eigenvalue weighted by atomic mass is 10.1. The van der Waals surface area contributed by atoms with Crippen LogP contribution >= 0.6 is 11.3 Å². The summed E-state index contributed by atoms with van der Waals surface area (Å²) in [6.07, 6.45) is 2.51. The van der Waals surface area contributed by atoms with Crippen molar-refractivity contribution in [2.24, 2.45) is 10.3 Å². The van der Waals surface area contributed by atoms with Gasteiger partial charge in [-0.3, -0.25) is 4.90 Å². The first kappa shape index (κ1) is 18.8. The van der Waals surface area contributed by atoms with Crippen LogP contribution in [0.1, 0.15) is 25.3 Å². The van der Waals surface area contributed by atoms with Crippen molar-refractivity contribution in [1.29, 1.82) is 5.53 Å². The van der Waals surface area contributed by atoms with Gasteiger partial charge in [-0.1, -0.05) is 24.3 Å². The third-order valence-corrected chi connectivity index (χ3v) is 6.25.